The summed E-state index contributed by atoms with van der Waals surface area (Å²) in [6, 6.07) is 10.2. The van der Waals surface area contributed by atoms with Crippen LogP contribution < -0.4 is 10.1 Å². The maximum atomic E-state index is 13.0. The van der Waals surface area contributed by atoms with E-state index in [1.165, 1.54) is 6.92 Å². The van der Waals surface area contributed by atoms with E-state index in [2.05, 4.69) is 5.32 Å². The van der Waals surface area contributed by atoms with E-state index in [0.29, 0.717) is 22.4 Å². The van der Waals surface area contributed by atoms with Gasteiger partial charge in [-0.3, -0.25) is 9.59 Å². The second-order valence-electron chi connectivity index (χ2n) is 6.08. The molecule has 0 aliphatic heterocycles. The fourth-order valence-electron chi connectivity index (χ4n) is 2.92. The zero-order valence-corrected chi connectivity index (χ0v) is 13.8. The van der Waals surface area contributed by atoms with Gasteiger partial charge in [-0.15, -0.1) is 0 Å². The predicted molar refractivity (Wildman–Crippen MR) is 90.8 cm³/mol. The molecule has 5 nitrogen and oxygen atoms in total. The Kier molecular flexibility index (Phi) is 4.11. The van der Waals surface area contributed by atoms with E-state index in [4.69, 9.17) is 4.74 Å². The van der Waals surface area contributed by atoms with Gasteiger partial charge in [0.25, 0.3) is 0 Å². The number of benzene rings is 2. The van der Waals surface area contributed by atoms with Gasteiger partial charge < -0.3 is 15.2 Å². The summed E-state index contributed by atoms with van der Waals surface area (Å²) in [6.07, 6.45) is -1.07. The van der Waals surface area contributed by atoms with Crippen LogP contribution in [0.3, 0.4) is 0 Å². The molecule has 0 heterocycles. The van der Waals surface area contributed by atoms with Gasteiger partial charge in [0.1, 0.15) is 5.75 Å². The number of aliphatic hydroxyl groups is 1. The van der Waals surface area contributed by atoms with E-state index >= 15 is 0 Å². The minimum atomic E-state index is -1.07. The average molecular weight is 325 g/mol. The topological polar surface area (TPSA) is 75.6 Å². The Morgan fingerprint density at radius 1 is 0.917 bits per heavy atom. The molecular weight excluding hydrogens is 306 g/mol. The van der Waals surface area contributed by atoms with Gasteiger partial charge in [0.15, 0.2) is 17.9 Å². The Bertz CT molecular complexity index is 755. The summed E-state index contributed by atoms with van der Waals surface area (Å²) in [5.41, 5.74) is 1.88. The van der Waals surface area contributed by atoms with Crippen LogP contribution in [0.2, 0.25) is 0 Å². The summed E-state index contributed by atoms with van der Waals surface area (Å²) in [5, 5.41) is 12.7. The number of carbonyl (C=O) groups is 2. The highest BCUT2D eigenvalue weighted by molar-refractivity contribution is 6.31. The van der Waals surface area contributed by atoms with E-state index in [0.717, 1.165) is 0 Å². The second kappa shape index (κ2) is 6.09. The summed E-state index contributed by atoms with van der Waals surface area (Å²) < 4.78 is 5.31. The Morgan fingerprint density at radius 3 is 2.12 bits per heavy atom. The van der Waals surface area contributed by atoms with Gasteiger partial charge in [-0.25, -0.2) is 0 Å². The zero-order chi connectivity index (χ0) is 17.4. The highest BCUT2D eigenvalue weighted by Gasteiger charge is 2.34. The first-order valence-electron chi connectivity index (χ1n) is 7.87. The van der Waals surface area contributed by atoms with Crippen LogP contribution in [0.15, 0.2) is 36.4 Å². The lowest BCUT2D eigenvalue weighted by molar-refractivity contribution is -0.000810. The first-order chi connectivity index (χ1) is 11.4. The number of hydrogen-bond donors (Lipinski definition) is 2. The molecule has 0 fully saturated rings. The molecule has 0 saturated carbocycles. The second-order valence-corrected chi connectivity index (χ2v) is 6.08. The van der Waals surface area contributed by atoms with Gasteiger partial charge in [0.05, 0.1) is 11.1 Å². The number of aliphatic hydroxyl groups excluding tert-OH is 1. The third-order valence-corrected chi connectivity index (χ3v) is 3.78. The number of nitrogens with one attached hydrogen (secondary N) is 1. The van der Waals surface area contributed by atoms with Gasteiger partial charge in [-0.2, -0.15) is 0 Å². The van der Waals surface area contributed by atoms with Crippen molar-refractivity contribution in [3.8, 4) is 5.75 Å². The Balaban J connectivity index is 2.19. The summed E-state index contributed by atoms with van der Waals surface area (Å²) in [6.45, 7) is 5.39. The largest absolute Gasteiger partial charge is 0.465 e. The number of anilines is 1. The first kappa shape index (κ1) is 16.2. The Morgan fingerprint density at radius 2 is 1.50 bits per heavy atom. The average Bonchev–Trinajstić information content (AvgIpc) is 2.51. The molecule has 1 unspecified atom stereocenters. The van der Waals surface area contributed by atoms with Crippen LogP contribution in [0.1, 0.15) is 52.6 Å². The third kappa shape index (κ3) is 2.67. The molecule has 3 rings (SSSR count). The first-order valence-corrected chi connectivity index (χ1v) is 7.87. The van der Waals surface area contributed by atoms with Gasteiger partial charge in [0.2, 0.25) is 0 Å². The smallest absolute Gasteiger partial charge is 0.198 e. The number of fused-ring (bicyclic) bond motifs is 2. The molecule has 124 valence electrons. The molecule has 2 aromatic carbocycles. The van der Waals surface area contributed by atoms with Crippen LogP contribution in [-0.4, -0.2) is 29.0 Å². The van der Waals surface area contributed by atoms with Gasteiger partial charge >= 0.3 is 0 Å². The van der Waals surface area contributed by atoms with Crippen molar-refractivity contribution in [3.05, 3.63) is 58.7 Å². The van der Waals surface area contributed by atoms with Crippen molar-refractivity contribution in [3.63, 3.8) is 0 Å². The molecule has 5 heteroatoms. The molecule has 0 amide bonds. The lowest BCUT2D eigenvalue weighted by atomic mass is 9.82. The third-order valence-electron chi connectivity index (χ3n) is 3.78. The van der Waals surface area contributed by atoms with Crippen molar-refractivity contribution in [1.29, 1.82) is 0 Å². The molecule has 0 saturated heterocycles. The predicted octanol–water partition coefficient (Wildman–Crippen LogP) is 3.00. The van der Waals surface area contributed by atoms with Crippen molar-refractivity contribution in [2.45, 2.75) is 33.1 Å². The van der Waals surface area contributed by atoms with Gasteiger partial charge in [0, 0.05) is 22.9 Å². The molecule has 24 heavy (non-hydrogen) atoms. The molecule has 2 aromatic rings. The van der Waals surface area contributed by atoms with Crippen LogP contribution in [0.4, 0.5) is 5.69 Å². The normalized spacial score (nSPS) is 14.2. The maximum Gasteiger partial charge on any atom is 0.198 e. The maximum absolute atomic E-state index is 13.0. The number of rotatable bonds is 4. The van der Waals surface area contributed by atoms with Crippen LogP contribution >= 0.6 is 0 Å². The van der Waals surface area contributed by atoms with Crippen LogP contribution in [0, 0.1) is 0 Å². The molecule has 2 N–H and O–H groups in total. The number of hydrogen-bond acceptors (Lipinski definition) is 5. The van der Waals surface area contributed by atoms with Crippen LogP contribution in [0.5, 0.6) is 5.75 Å². The van der Waals surface area contributed by atoms with Crippen molar-refractivity contribution in [2.24, 2.45) is 0 Å². The van der Waals surface area contributed by atoms with Gasteiger partial charge in [-0.1, -0.05) is 24.3 Å². The SMILES string of the molecule is CC(C)Nc1cccc2c1C(=O)c1cccc(OC(C)O)c1C2=O. The summed E-state index contributed by atoms with van der Waals surface area (Å²) in [7, 11) is 0. The van der Waals surface area contributed by atoms with Crippen molar-refractivity contribution >= 4 is 17.3 Å². The number of ketones is 2. The molecular formula is C19H19NO4. The van der Waals surface area contributed by atoms with Crippen LogP contribution in [0.25, 0.3) is 0 Å². The van der Waals surface area contributed by atoms with Crippen LogP contribution in [-0.2, 0) is 0 Å². The Labute approximate surface area is 140 Å². The lowest BCUT2D eigenvalue weighted by Crippen LogP contribution is -2.25. The van der Waals surface area contributed by atoms with E-state index < -0.39 is 6.29 Å². The highest BCUT2D eigenvalue weighted by Crippen LogP contribution is 2.36. The van der Waals surface area contributed by atoms with E-state index in [1.54, 1.807) is 36.4 Å². The van der Waals surface area contributed by atoms with Crippen molar-refractivity contribution in [1.82, 2.24) is 0 Å². The molecule has 0 radical (unpaired) electrons. The molecule has 0 spiro atoms. The lowest BCUT2D eigenvalue weighted by Gasteiger charge is -2.23. The summed E-state index contributed by atoms with van der Waals surface area (Å²) in [5.74, 6) is -0.281. The molecule has 0 bridgehead atoms. The number of carbonyl (C=O) groups excluding carboxylic acids is 2. The minimum absolute atomic E-state index is 0.130. The Hall–Kier alpha value is -2.66. The summed E-state index contributed by atoms with van der Waals surface area (Å²) >= 11 is 0. The summed E-state index contributed by atoms with van der Waals surface area (Å²) in [4.78, 5) is 25.9. The zero-order valence-electron chi connectivity index (χ0n) is 13.8. The monoisotopic (exact) mass is 325 g/mol. The fourth-order valence-corrected chi connectivity index (χ4v) is 2.92. The standard InChI is InChI=1S/C19H19NO4/c1-10(2)20-14-8-4-6-12-16(14)18(22)13-7-5-9-15(24-11(3)21)17(13)19(12)23/h4-11,20-21H,1-3H3. The minimum Gasteiger partial charge on any atom is -0.465 e. The van der Waals surface area contributed by atoms with E-state index in [1.807, 2.05) is 13.8 Å². The molecule has 1 aliphatic carbocycles. The molecule has 0 aromatic heterocycles. The van der Waals surface area contributed by atoms with Gasteiger partial charge in [-0.05, 0) is 32.9 Å². The van der Waals surface area contributed by atoms with Crippen molar-refractivity contribution in [2.75, 3.05) is 5.32 Å². The molecule has 1 aliphatic rings. The van der Waals surface area contributed by atoms with E-state index in [-0.39, 0.29) is 28.9 Å². The quantitative estimate of drug-likeness (QED) is 0.721. The highest BCUT2D eigenvalue weighted by atomic mass is 16.6. The fraction of sp³-hybridized carbons (Fsp3) is 0.263. The number of ether oxygens (including phenoxy) is 1. The van der Waals surface area contributed by atoms with Crippen molar-refractivity contribution < 1.29 is 19.4 Å². The van der Waals surface area contributed by atoms with E-state index in [9.17, 15) is 14.7 Å². The molecule has 1 atom stereocenters.